The minimum absolute atomic E-state index is 0.0316. The molecule has 2 saturated heterocycles. The lowest BCUT2D eigenvalue weighted by atomic mass is 9.75. The summed E-state index contributed by atoms with van der Waals surface area (Å²) in [6.45, 7) is 7.97. The van der Waals surface area contributed by atoms with E-state index in [0.29, 0.717) is 12.3 Å². The maximum atomic E-state index is 12.3. The fourth-order valence-corrected chi connectivity index (χ4v) is 4.65. The van der Waals surface area contributed by atoms with Gasteiger partial charge in [-0.15, -0.1) is 0 Å². The molecule has 2 aliphatic heterocycles. The predicted molar refractivity (Wildman–Crippen MR) is 92.7 cm³/mol. The third-order valence-electron chi connectivity index (χ3n) is 5.54. The zero-order valence-corrected chi connectivity index (χ0v) is 15.9. The Morgan fingerprint density at radius 2 is 1.92 bits per heavy atom. The summed E-state index contributed by atoms with van der Waals surface area (Å²) in [7, 11) is -3.95. The number of hydrogen-bond donors (Lipinski definition) is 1. The second kappa shape index (κ2) is 5.99. The van der Waals surface area contributed by atoms with E-state index in [-0.39, 0.29) is 10.5 Å². The summed E-state index contributed by atoms with van der Waals surface area (Å²) in [5, 5.41) is 0. The van der Waals surface area contributed by atoms with Crippen LogP contribution < -0.4 is 4.72 Å². The van der Waals surface area contributed by atoms with Crippen molar-refractivity contribution < 1.29 is 22.7 Å². The highest BCUT2D eigenvalue weighted by atomic mass is 32.2. The van der Waals surface area contributed by atoms with Crippen LogP contribution in [0.5, 0.6) is 0 Å². The molecule has 25 heavy (non-hydrogen) atoms. The first-order chi connectivity index (χ1) is 11.6. The van der Waals surface area contributed by atoms with E-state index in [1.807, 2.05) is 18.6 Å². The van der Waals surface area contributed by atoms with Crippen LogP contribution in [0.1, 0.15) is 45.6 Å². The highest BCUT2D eigenvalue weighted by molar-refractivity contribution is 7.90. The number of rotatable bonds is 4. The molecule has 138 valence electrons. The molecule has 2 bridgehead atoms. The van der Waals surface area contributed by atoms with Crippen molar-refractivity contribution in [2.75, 3.05) is 0 Å². The Morgan fingerprint density at radius 3 is 2.48 bits per heavy atom. The van der Waals surface area contributed by atoms with Gasteiger partial charge in [0.25, 0.3) is 10.0 Å². The van der Waals surface area contributed by atoms with Gasteiger partial charge < -0.3 is 9.47 Å². The quantitative estimate of drug-likeness (QED) is 0.884. The fourth-order valence-electron chi connectivity index (χ4n) is 3.77. The molecule has 3 rings (SSSR count). The van der Waals surface area contributed by atoms with Gasteiger partial charge in [0, 0.05) is 6.42 Å². The number of hydrogen-bond acceptors (Lipinski definition) is 5. The molecule has 6 nitrogen and oxygen atoms in total. The molecule has 0 unspecified atom stereocenters. The summed E-state index contributed by atoms with van der Waals surface area (Å²) in [6.07, 6.45) is 0.927. The van der Waals surface area contributed by atoms with Crippen molar-refractivity contribution in [1.82, 2.24) is 4.72 Å². The van der Waals surface area contributed by atoms with Gasteiger partial charge in [-0.3, -0.25) is 0 Å². The standard InChI is InChI=1S/C18H25NO5S/c1-12(2)18-10-9-17(4,24-18)15(11-18)23-16(20)19-25(21,22)14-7-5-13(3)6-8-14/h5-8,12,15H,9-11H2,1-4H3,(H,19,20)/t15-,17-,18-/m0/s1. The monoisotopic (exact) mass is 367 g/mol. The van der Waals surface area contributed by atoms with Crippen molar-refractivity contribution in [2.24, 2.45) is 5.92 Å². The van der Waals surface area contributed by atoms with Crippen molar-refractivity contribution in [3.63, 3.8) is 0 Å². The van der Waals surface area contributed by atoms with E-state index in [1.165, 1.54) is 12.1 Å². The molecule has 1 amide bonds. The Kier molecular flexibility index (Phi) is 4.36. The van der Waals surface area contributed by atoms with Crippen LogP contribution >= 0.6 is 0 Å². The summed E-state index contributed by atoms with van der Waals surface area (Å²) in [5.74, 6) is 0.308. The summed E-state index contributed by atoms with van der Waals surface area (Å²) in [5.41, 5.74) is 0.109. The first-order valence-corrected chi connectivity index (χ1v) is 10.0. The molecule has 0 spiro atoms. The van der Waals surface area contributed by atoms with E-state index in [2.05, 4.69) is 13.8 Å². The number of carbonyl (C=O) groups excluding carboxylic acids is 1. The molecule has 1 aromatic carbocycles. The van der Waals surface area contributed by atoms with E-state index in [1.54, 1.807) is 12.1 Å². The van der Waals surface area contributed by atoms with Crippen LogP contribution in [0.2, 0.25) is 0 Å². The van der Waals surface area contributed by atoms with Crippen LogP contribution in [-0.4, -0.2) is 31.8 Å². The van der Waals surface area contributed by atoms with E-state index >= 15 is 0 Å². The number of benzene rings is 1. The zero-order chi connectivity index (χ0) is 18.5. The van der Waals surface area contributed by atoms with Gasteiger partial charge in [-0.1, -0.05) is 31.5 Å². The molecule has 0 saturated carbocycles. The lowest BCUT2D eigenvalue weighted by molar-refractivity contribution is -0.0813. The topological polar surface area (TPSA) is 81.7 Å². The lowest BCUT2D eigenvalue weighted by Gasteiger charge is -2.31. The average molecular weight is 367 g/mol. The Bertz CT molecular complexity index is 773. The van der Waals surface area contributed by atoms with Crippen molar-refractivity contribution in [2.45, 2.75) is 69.2 Å². The van der Waals surface area contributed by atoms with Gasteiger partial charge in [0.2, 0.25) is 0 Å². The van der Waals surface area contributed by atoms with Crippen LogP contribution in [0.25, 0.3) is 0 Å². The van der Waals surface area contributed by atoms with E-state index in [0.717, 1.165) is 18.4 Å². The van der Waals surface area contributed by atoms with Crippen LogP contribution in [0, 0.1) is 12.8 Å². The normalized spacial score (nSPS) is 31.3. The van der Waals surface area contributed by atoms with Crippen LogP contribution in [-0.2, 0) is 19.5 Å². The van der Waals surface area contributed by atoms with Gasteiger partial charge >= 0.3 is 6.09 Å². The molecule has 2 heterocycles. The predicted octanol–water partition coefficient (Wildman–Crippen LogP) is 3.15. The molecule has 0 aromatic heterocycles. The number of carbonyl (C=O) groups is 1. The summed E-state index contributed by atoms with van der Waals surface area (Å²) < 4.78 is 38.2. The molecule has 1 N–H and O–H groups in total. The Balaban J connectivity index is 1.68. The Hall–Kier alpha value is -1.60. The van der Waals surface area contributed by atoms with Crippen molar-refractivity contribution in [1.29, 1.82) is 0 Å². The first kappa shape index (κ1) is 18.2. The van der Waals surface area contributed by atoms with Gasteiger partial charge in [-0.05, 0) is 44.7 Å². The number of ether oxygens (including phenoxy) is 2. The van der Waals surface area contributed by atoms with Gasteiger partial charge in [-0.25, -0.2) is 17.9 Å². The Morgan fingerprint density at radius 1 is 1.28 bits per heavy atom. The third kappa shape index (κ3) is 3.27. The maximum absolute atomic E-state index is 12.3. The van der Waals surface area contributed by atoms with E-state index in [9.17, 15) is 13.2 Å². The van der Waals surface area contributed by atoms with Crippen LogP contribution in [0.3, 0.4) is 0 Å². The highest BCUT2D eigenvalue weighted by Crippen LogP contribution is 2.54. The number of aryl methyl sites for hydroxylation is 1. The van der Waals surface area contributed by atoms with Gasteiger partial charge in [0.05, 0.1) is 10.5 Å². The molecular formula is C18H25NO5S. The largest absolute Gasteiger partial charge is 0.442 e. The number of amides is 1. The summed E-state index contributed by atoms with van der Waals surface area (Å²) in [6, 6.07) is 6.27. The summed E-state index contributed by atoms with van der Waals surface area (Å²) in [4.78, 5) is 12.2. The van der Waals surface area contributed by atoms with Crippen LogP contribution in [0.4, 0.5) is 4.79 Å². The number of fused-ring (bicyclic) bond motifs is 2. The van der Waals surface area contributed by atoms with E-state index in [4.69, 9.17) is 9.47 Å². The minimum atomic E-state index is -3.95. The summed E-state index contributed by atoms with van der Waals surface area (Å²) >= 11 is 0. The second-order valence-electron chi connectivity index (χ2n) is 7.65. The van der Waals surface area contributed by atoms with Crippen molar-refractivity contribution >= 4 is 16.1 Å². The number of nitrogens with one attached hydrogen (secondary N) is 1. The molecule has 0 aliphatic carbocycles. The fraction of sp³-hybridized carbons (Fsp3) is 0.611. The molecule has 2 fully saturated rings. The van der Waals surface area contributed by atoms with Gasteiger partial charge in [0.15, 0.2) is 0 Å². The van der Waals surface area contributed by atoms with E-state index < -0.39 is 27.8 Å². The van der Waals surface area contributed by atoms with Crippen molar-refractivity contribution in [3.05, 3.63) is 29.8 Å². The smallest absolute Gasteiger partial charge is 0.421 e. The lowest BCUT2D eigenvalue weighted by Crippen LogP contribution is -2.43. The van der Waals surface area contributed by atoms with Gasteiger partial charge in [-0.2, -0.15) is 0 Å². The maximum Gasteiger partial charge on any atom is 0.421 e. The molecule has 2 aliphatic rings. The molecule has 0 radical (unpaired) electrons. The SMILES string of the molecule is Cc1ccc(S(=O)(=O)NC(=O)O[C@H]2C[C@]3(C(C)C)CC[C@]2(C)O3)cc1. The second-order valence-corrected chi connectivity index (χ2v) is 9.33. The number of sulfonamides is 1. The molecule has 3 atom stereocenters. The third-order valence-corrected chi connectivity index (χ3v) is 6.87. The molecular weight excluding hydrogens is 342 g/mol. The van der Waals surface area contributed by atoms with Gasteiger partial charge in [0.1, 0.15) is 11.7 Å². The molecule has 7 heteroatoms. The van der Waals surface area contributed by atoms with Crippen LogP contribution in [0.15, 0.2) is 29.2 Å². The highest BCUT2D eigenvalue weighted by Gasteiger charge is 2.61. The first-order valence-electron chi connectivity index (χ1n) is 8.57. The zero-order valence-electron chi connectivity index (χ0n) is 15.0. The van der Waals surface area contributed by atoms with Crippen molar-refractivity contribution in [3.8, 4) is 0 Å². The minimum Gasteiger partial charge on any atom is -0.442 e. The molecule has 1 aromatic rings. The Labute approximate surface area is 148 Å². The average Bonchev–Trinajstić information content (AvgIpc) is 2.99.